The van der Waals surface area contributed by atoms with Crippen LogP contribution in [0.25, 0.3) is 11.1 Å². The molecular formula is C20H14Cl2N2O3. The summed E-state index contributed by atoms with van der Waals surface area (Å²) in [6.45, 7) is 0. The van der Waals surface area contributed by atoms with Crippen molar-refractivity contribution in [2.75, 3.05) is 0 Å². The number of halogens is 2. The van der Waals surface area contributed by atoms with Crippen molar-refractivity contribution >= 4 is 34.7 Å². The maximum atomic E-state index is 12.6. The average molecular weight is 401 g/mol. The molecule has 7 heteroatoms. The monoisotopic (exact) mass is 400 g/mol. The molecule has 3 aromatic rings. The van der Waals surface area contributed by atoms with Crippen molar-refractivity contribution in [3.8, 4) is 11.1 Å². The number of hydrogen-bond donors (Lipinski definition) is 1. The fraction of sp³-hybridized carbons (Fsp3) is 0.0500. The second kappa shape index (κ2) is 7.88. The van der Waals surface area contributed by atoms with Crippen LogP contribution in [0, 0.1) is 10.1 Å². The van der Waals surface area contributed by atoms with Gasteiger partial charge in [-0.15, -0.1) is 0 Å². The molecule has 2 N–H and O–H groups in total. The molecule has 0 saturated carbocycles. The highest BCUT2D eigenvalue weighted by molar-refractivity contribution is 6.42. The van der Waals surface area contributed by atoms with Gasteiger partial charge in [0.05, 0.1) is 21.0 Å². The van der Waals surface area contributed by atoms with Crippen molar-refractivity contribution in [2.24, 2.45) is 5.73 Å². The molecule has 3 aromatic carbocycles. The molecule has 0 heterocycles. The van der Waals surface area contributed by atoms with E-state index in [-0.39, 0.29) is 11.5 Å². The van der Waals surface area contributed by atoms with Crippen LogP contribution in [-0.4, -0.2) is 10.7 Å². The molecule has 0 bridgehead atoms. The molecule has 0 spiro atoms. The van der Waals surface area contributed by atoms with Crippen molar-refractivity contribution in [3.63, 3.8) is 0 Å². The molecule has 0 fully saturated rings. The van der Waals surface area contributed by atoms with Gasteiger partial charge in [-0.2, -0.15) is 0 Å². The van der Waals surface area contributed by atoms with Gasteiger partial charge in [0.2, 0.25) is 0 Å². The number of Topliss-reactive ketones (excluding diaryl/α,β-unsaturated/α-hetero) is 1. The first kappa shape index (κ1) is 19.0. The van der Waals surface area contributed by atoms with Gasteiger partial charge < -0.3 is 5.73 Å². The minimum atomic E-state index is -0.872. The summed E-state index contributed by atoms with van der Waals surface area (Å²) in [5, 5.41) is 11.6. The lowest BCUT2D eigenvalue weighted by molar-refractivity contribution is -0.384. The predicted molar refractivity (Wildman–Crippen MR) is 106 cm³/mol. The first-order valence-corrected chi connectivity index (χ1v) is 8.72. The Kier molecular flexibility index (Phi) is 5.56. The molecule has 0 aliphatic heterocycles. The summed E-state index contributed by atoms with van der Waals surface area (Å²) >= 11 is 11.9. The van der Waals surface area contributed by atoms with Crippen LogP contribution in [0.4, 0.5) is 5.69 Å². The van der Waals surface area contributed by atoms with Crippen LogP contribution in [0.15, 0.2) is 66.7 Å². The molecule has 0 aromatic heterocycles. The van der Waals surface area contributed by atoms with Gasteiger partial charge in [-0.25, -0.2) is 0 Å². The van der Waals surface area contributed by atoms with E-state index in [4.69, 9.17) is 28.9 Å². The average Bonchev–Trinajstić information content (AvgIpc) is 2.69. The first-order valence-electron chi connectivity index (χ1n) is 7.96. The highest BCUT2D eigenvalue weighted by atomic mass is 35.5. The lowest BCUT2D eigenvalue weighted by atomic mass is 9.96. The highest BCUT2D eigenvalue weighted by Gasteiger charge is 2.19. The smallest absolute Gasteiger partial charge is 0.270 e. The Labute approximate surface area is 165 Å². The van der Waals surface area contributed by atoms with Gasteiger partial charge in [-0.3, -0.25) is 14.9 Å². The number of rotatable bonds is 5. The van der Waals surface area contributed by atoms with Crippen molar-refractivity contribution in [2.45, 2.75) is 6.04 Å². The Morgan fingerprint density at radius 2 is 1.63 bits per heavy atom. The van der Waals surface area contributed by atoms with E-state index in [1.54, 1.807) is 54.6 Å². The molecular weight excluding hydrogens is 387 g/mol. The van der Waals surface area contributed by atoms with Crippen LogP contribution in [0.1, 0.15) is 22.0 Å². The number of nitro benzene ring substituents is 1. The van der Waals surface area contributed by atoms with Gasteiger partial charge in [-0.1, -0.05) is 65.7 Å². The van der Waals surface area contributed by atoms with Crippen LogP contribution >= 0.6 is 23.2 Å². The lowest BCUT2D eigenvalue weighted by Crippen LogP contribution is -2.21. The summed E-state index contributed by atoms with van der Waals surface area (Å²) in [7, 11) is 0. The summed E-state index contributed by atoms with van der Waals surface area (Å²) < 4.78 is 0. The van der Waals surface area contributed by atoms with Gasteiger partial charge in [0.15, 0.2) is 5.78 Å². The SMILES string of the molecule is NC(C(=O)c1ccc(-c2cccc([N+](=O)[O-])c2)cc1)c1ccc(Cl)c(Cl)c1. The Morgan fingerprint density at radius 1 is 0.926 bits per heavy atom. The zero-order valence-corrected chi connectivity index (χ0v) is 15.4. The second-order valence-corrected chi connectivity index (χ2v) is 6.71. The highest BCUT2D eigenvalue weighted by Crippen LogP contribution is 2.28. The summed E-state index contributed by atoms with van der Waals surface area (Å²) in [5.74, 6) is -0.265. The number of carbonyl (C=O) groups is 1. The molecule has 3 rings (SSSR count). The van der Waals surface area contributed by atoms with Crippen LogP contribution in [-0.2, 0) is 0 Å². The van der Waals surface area contributed by atoms with E-state index in [1.165, 1.54) is 12.1 Å². The predicted octanol–water partition coefficient (Wildman–Crippen LogP) is 5.45. The summed E-state index contributed by atoms with van der Waals surface area (Å²) in [6, 6.07) is 17.0. The third kappa shape index (κ3) is 4.17. The zero-order valence-electron chi connectivity index (χ0n) is 13.9. The number of nitrogens with zero attached hydrogens (tertiary/aromatic N) is 1. The molecule has 0 amide bonds. The van der Waals surface area contributed by atoms with Crippen molar-refractivity contribution < 1.29 is 9.72 Å². The largest absolute Gasteiger partial charge is 0.318 e. The third-order valence-corrected chi connectivity index (χ3v) is 4.88. The number of nitrogens with two attached hydrogens (primary N) is 1. The first-order chi connectivity index (χ1) is 12.9. The van der Waals surface area contributed by atoms with E-state index >= 15 is 0 Å². The van der Waals surface area contributed by atoms with Crippen molar-refractivity contribution in [3.05, 3.63) is 98.0 Å². The summed E-state index contributed by atoms with van der Waals surface area (Å²) in [5.41, 5.74) is 8.53. The Bertz CT molecular complexity index is 1020. The summed E-state index contributed by atoms with van der Waals surface area (Å²) in [6.07, 6.45) is 0. The van der Waals surface area contributed by atoms with Crippen molar-refractivity contribution in [1.82, 2.24) is 0 Å². The molecule has 0 aliphatic rings. The standard InChI is InChI=1S/C20H14Cl2N2O3/c21-17-9-8-15(11-18(17)22)19(23)20(25)13-6-4-12(5-7-13)14-2-1-3-16(10-14)24(26)27/h1-11,19H,23H2. The van der Waals surface area contributed by atoms with Crippen LogP contribution in [0.5, 0.6) is 0 Å². The quantitative estimate of drug-likeness (QED) is 0.350. The van der Waals surface area contributed by atoms with Gasteiger partial charge in [-0.05, 0) is 28.8 Å². The fourth-order valence-electron chi connectivity index (χ4n) is 2.66. The Hall–Kier alpha value is -2.73. The van der Waals surface area contributed by atoms with E-state index < -0.39 is 11.0 Å². The fourth-order valence-corrected chi connectivity index (χ4v) is 2.97. The van der Waals surface area contributed by atoms with Crippen LogP contribution in [0.2, 0.25) is 10.0 Å². The number of benzene rings is 3. The van der Waals surface area contributed by atoms with E-state index in [0.717, 1.165) is 5.56 Å². The molecule has 27 heavy (non-hydrogen) atoms. The number of non-ortho nitro benzene ring substituents is 1. The molecule has 0 aliphatic carbocycles. The lowest BCUT2D eigenvalue weighted by Gasteiger charge is -2.12. The topological polar surface area (TPSA) is 86.2 Å². The minimum Gasteiger partial charge on any atom is -0.318 e. The Morgan fingerprint density at radius 3 is 2.26 bits per heavy atom. The number of ketones is 1. The molecule has 136 valence electrons. The van der Waals surface area contributed by atoms with E-state index in [2.05, 4.69) is 0 Å². The van der Waals surface area contributed by atoms with Crippen molar-refractivity contribution in [1.29, 1.82) is 0 Å². The number of carbonyl (C=O) groups excluding carboxylic acids is 1. The van der Waals surface area contributed by atoms with E-state index in [9.17, 15) is 14.9 Å². The van der Waals surface area contributed by atoms with Crippen LogP contribution in [0.3, 0.4) is 0 Å². The van der Waals surface area contributed by atoms with Gasteiger partial charge in [0, 0.05) is 17.7 Å². The molecule has 0 saturated heterocycles. The zero-order chi connectivity index (χ0) is 19.6. The van der Waals surface area contributed by atoms with Crippen LogP contribution < -0.4 is 5.73 Å². The normalized spacial score (nSPS) is 11.8. The molecule has 0 radical (unpaired) electrons. The maximum Gasteiger partial charge on any atom is 0.270 e. The number of nitro groups is 1. The maximum absolute atomic E-state index is 12.6. The van der Waals surface area contributed by atoms with Gasteiger partial charge >= 0.3 is 0 Å². The van der Waals surface area contributed by atoms with Gasteiger partial charge in [0.25, 0.3) is 5.69 Å². The third-order valence-electron chi connectivity index (χ3n) is 4.14. The second-order valence-electron chi connectivity index (χ2n) is 5.90. The minimum absolute atomic E-state index is 0.00860. The molecule has 5 nitrogen and oxygen atoms in total. The molecule has 1 atom stereocenters. The van der Waals surface area contributed by atoms with E-state index in [1.807, 2.05) is 0 Å². The Balaban J connectivity index is 1.84. The summed E-state index contributed by atoms with van der Waals surface area (Å²) in [4.78, 5) is 23.1. The van der Waals surface area contributed by atoms with E-state index in [0.29, 0.717) is 26.7 Å². The molecule has 1 unspecified atom stereocenters. The van der Waals surface area contributed by atoms with Gasteiger partial charge in [0.1, 0.15) is 0 Å². The number of hydrogen-bond acceptors (Lipinski definition) is 4.